The third-order valence-electron chi connectivity index (χ3n) is 3.21. The first-order chi connectivity index (χ1) is 10.1. The zero-order valence-corrected chi connectivity index (χ0v) is 10.6. The zero-order valence-electron chi connectivity index (χ0n) is 12.6. The van der Waals surface area contributed by atoms with Crippen LogP contribution in [-0.2, 0) is 4.74 Å². The lowest BCUT2D eigenvalue weighted by molar-refractivity contribution is 0.122. The number of anilines is 1. The van der Waals surface area contributed by atoms with Crippen LogP contribution in [0.1, 0.15) is 6.93 Å². The topological polar surface area (TPSA) is 62.9 Å². The second-order valence-corrected chi connectivity index (χ2v) is 4.45. The van der Waals surface area contributed by atoms with Crippen molar-refractivity contribution in [1.82, 2.24) is 5.31 Å². The summed E-state index contributed by atoms with van der Waals surface area (Å²) < 4.78 is 21.0. The highest BCUT2D eigenvalue weighted by Crippen LogP contribution is 2.20. The molecule has 0 aliphatic carbocycles. The number of ether oxygens (including phenoxy) is 1. The van der Waals surface area contributed by atoms with Gasteiger partial charge in [-0.1, -0.05) is 12.1 Å². The maximum absolute atomic E-state index is 7.93. The molecule has 3 N–H and O–H groups in total. The van der Waals surface area contributed by atoms with Crippen molar-refractivity contribution >= 4 is 17.6 Å². The Labute approximate surface area is 115 Å². The van der Waals surface area contributed by atoms with Crippen molar-refractivity contribution < 1.29 is 7.52 Å². The maximum atomic E-state index is 7.93. The number of morpholine rings is 1. The van der Waals surface area contributed by atoms with E-state index in [1.807, 2.05) is 24.3 Å². The molecule has 2 heterocycles. The minimum Gasteiger partial charge on any atom is -0.378 e. The van der Waals surface area contributed by atoms with Gasteiger partial charge in [-0.25, -0.2) is 0 Å². The van der Waals surface area contributed by atoms with Crippen molar-refractivity contribution in [2.75, 3.05) is 31.2 Å². The van der Waals surface area contributed by atoms with Crippen LogP contribution in [-0.4, -0.2) is 38.8 Å². The van der Waals surface area contributed by atoms with Crippen molar-refractivity contribution in [1.29, 1.82) is 0 Å². The Kier molecular flexibility index (Phi) is 2.85. The molecule has 5 nitrogen and oxygen atoms in total. The molecule has 1 aromatic carbocycles. The van der Waals surface area contributed by atoms with Crippen LogP contribution >= 0.6 is 0 Å². The first-order valence-corrected chi connectivity index (χ1v) is 6.34. The first-order valence-electron chi connectivity index (χ1n) is 7.29. The Morgan fingerprint density at radius 2 is 2.11 bits per heavy atom. The number of nitrogens with two attached hydrogens (primary N) is 1. The summed E-state index contributed by atoms with van der Waals surface area (Å²) in [5, 5.41) is 0.913. The van der Waals surface area contributed by atoms with Crippen LogP contribution in [0.3, 0.4) is 0 Å². The van der Waals surface area contributed by atoms with E-state index in [-0.39, 0.29) is 0 Å². The molecule has 19 heavy (non-hydrogen) atoms. The Hall–Kier alpha value is -1.85. The third kappa shape index (κ3) is 2.77. The fraction of sp³-hybridized carbons (Fsp3) is 0.357. The van der Waals surface area contributed by atoms with E-state index in [0.29, 0.717) is 5.70 Å². The van der Waals surface area contributed by atoms with Gasteiger partial charge in [0, 0.05) is 30.7 Å². The number of allylic oxidation sites excluding steroid dienone is 1. The zero-order chi connectivity index (χ0) is 14.9. The number of aliphatic imine (C=N–C) groups is 1. The molecule has 1 saturated heterocycles. The standard InChI is InChI=1S/C14H18N4O/c15-14-16-6-5-13(17-14)11-1-3-12(4-2-11)18-7-9-19-10-8-18/h1-6,14,17H,7-10,15H2/i14D/hD. The van der Waals surface area contributed by atoms with Crippen molar-refractivity contribution in [3.05, 3.63) is 35.9 Å². The summed E-state index contributed by atoms with van der Waals surface area (Å²) in [6, 6.07) is 7.91. The maximum Gasteiger partial charge on any atom is 0.171 e. The SMILES string of the molecule is [2H]N1C(c2ccc(N3CCOCC3)cc2)=CC=NC1([2H])N. The molecule has 1 atom stereocenters. The first kappa shape index (κ1) is 10.00. The van der Waals surface area contributed by atoms with Crippen LogP contribution in [0.4, 0.5) is 5.69 Å². The normalized spacial score (nSPS) is 28.8. The predicted molar refractivity (Wildman–Crippen MR) is 77.1 cm³/mol. The van der Waals surface area contributed by atoms with E-state index < -0.39 is 6.27 Å². The summed E-state index contributed by atoms with van der Waals surface area (Å²) in [4.78, 5) is 6.03. The van der Waals surface area contributed by atoms with E-state index in [4.69, 9.17) is 13.3 Å². The third-order valence-corrected chi connectivity index (χ3v) is 3.21. The Balaban J connectivity index is 1.81. The summed E-state index contributed by atoms with van der Waals surface area (Å²) >= 11 is 0. The molecule has 2 aliphatic heterocycles. The van der Waals surface area contributed by atoms with Gasteiger partial charge in [0.15, 0.2) is 7.68 Å². The number of hydrogen-bond acceptors (Lipinski definition) is 5. The number of benzene rings is 1. The van der Waals surface area contributed by atoms with Gasteiger partial charge in [0.05, 0.1) is 14.6 Å². The molecular weight excluding hydrogens is 240 g/mol. The highest BCUT2D eigenvalue weighted by atomic mass is 16.5. The van der Waals surface area contributed by atoms with Gasteiger partial charge in [0.1, 0.15) is 0 Å². The van der Waals surface area contributed by atoms with E-state index in [2.05, 4.69) is 9.89 Å². The monoisotopic (exact) mass is 260 g/mol. The lowest BCUT2D eigenvalue weighted by atomic mass is 10.1. The molecular formula is C14H18N4O. The van der Waals surface area contributed by atoms with Gasteiger partial charge >= 0.3 is 0 Å². The van der Waals surface area contributed by atoms with E-state index in [1.165, 1.54) is 6.21 Å². The van der Waals surface area contributed by atoms with Gasteiger partial charge in [-0.3, -0.25) is 10.7 Å². The van der Waals surface area contributed by atoms with Gasteiger partial charge in [0.2, 0.25) is 0 Å². The van der Waals surface area contributed by atoms with Crippen LogP contribution in [0.15, 0.2) is 35.3 Å². The minimum atomic E-state index is -1.77. The number of nitrogens with one attached hydrogen (secondary N) is 1. The Morgan fingerprint density at radius 1 is 1.37 bits per heavy atom. The number of rotatable bonds is 2. The van der Waals surface area contributed by atoms with Crippen molar-refractivity contribution in [3.63, 3.8) is 0 Å². The summed E-state index contributed by atoms with van der Waals surface area (Å²) in [6.07, 6.45) is 1.40. The molecule has 3 rings (SSSR count). The van der Waals surface area contributed by atoms with Gasteiger partial charge in [-0.15, -0.1) is 0 Å². The molecule has 0 amide bonds. The van der Waals surface area contributed by atoms with Crippen molar-refractivity contribution in [2.24, 2.45) is 10.7 Å². The largest absolute Gasteiger partial charge is 0.378 e. The lowest BCUT2D eigenvalue weighted by Gasteiger charge is -2.29. The van der Waals surface area contributed by atoms with Crippen molar-refractivity contribution in [3.8, 4) is 0 Å². The van der Waals surface area contributed by atoms with Gasteiger partial charge in [-0.2, -0.15) is 0 Å². The van der Waals surface area contributed by atoms with Crippen LogP contribution in [0.2, 0.25) is 1.41 Å². The van der Waals surface area contributed by atoms with Crippen LogP contribution in [0, 0.1) is 0 Å². The van der Waals surface area contributed by atoms with E-state index in [1.54, 1.807) is 6.08 Å². The molecule has 0 spiro atoms. The average molecular weight is 260 g/mol. The van der Waals surface area contributed by atoms with E-state index in [0.717, 1.165) is 42.9 Å². The highest BCUT2D eigenvalue weighted by Gasteiger charge is 2.12. The quantitative estimate of drug-likeness (QED) is 0.825. The van der Waals surface area contributed by atoms with Gasteiger partial charge < -0.3 is 14.9 Å². The van der Waals surface area contributed by atoms with E-state index >= 15 is 0 Å². The van der Waals surface area contributed by atoms with Crippen molar-refractivity contribution in [2.45, 2.75) is 6.27 Å². The second-order valence-electron chi connectivity index (χ2n) is 4.45. The fourth-order valence-corrected chi connectivity index (χ4v) is 2.20. The minimum absolute atomic E-state index is 0.566. The Morgan fingerprint density at radius 3 is 2.84 bits per heavy atom. The highest BCUT2D eigenvalue weighted by molar-refractivity contribution is 5.85. The molecule has 0 bridgehead atoms. The number of nitrogens with zero attached hydrogens (tertiary/aromatic N) is 2. The predicted octanol–water partition coefficient (Wildman–Crippen LogP) is 0.780. The van der Waals surface area contributed by atoms with Gasteiger partial charge in [-0.05, 0) is 23.8 Å². The summed E-state index contributed by atoms with van der Waals surface area (Å²) in [5.41, 5.74) is 8.18. The fourth-order valence-electron chi connectivity index (χ4n) is 2.20. The molecule has 5 heteroatoms. The summed E-state index contributed by atoms with van der Waals surface area (Å²) in [7, 11) is 0. The molecule has 0 saturated carbocycles. The summed E-state index contributed by atoms with van der Waals surface area (Å²) in [5.74, 6) is 0. The van der Waals surface area contributed by atoms with Crippen LogP contribution in [0.5, 0.6) is 0 Å². The average Bonchev–Trinajstić information content (AvgIpc) is 2.51. The molecule has 2 aliphatic rings. The van der Waals surface area contributed by atoms with E-state index in [9.17, 15) is 0 Å². The smallest absolute Gasteiger partial charge is 0.171 e. The van der Waals surface area contributed by atoms with Gasteiger partial charge in [0.25, 0.3) is 0 Å². The summed E-state index contributed by atoms with van der Waals surface area (Å²) in [6.45, 7) is 3.27. The molecule has 100 valence electrons. The van der Waals surface area contributed by atoms with Crippen LogP contribution in [0.25, 0.3) is 5.70 Å². The molecule has 1 aromatic rings. The lowest BCUT2D eigenvalue weighted by Crippen LogP contribution is -2.36. The molecule has 1 unspecified atom stereocenters. The number of hydrogen-bond donors (Lipinski definition) is 2. The second kappa shape index (κ2) is 5.42. The molecule has 1 fully saturated rings. The molecule has 0 aromatic heterocycles. The Bertz CT molecular complexity index is 565. The molecule has 0 radical (unpaired) electrons. The van der Waals surface area contributed by atoms with Crippen LogP contribution < -0.4 is 15.9 Å².